The van der Waals surface area contributed by atoms with Crippen LogP contribution in [0.3, 0.4) is 0 Å². The molecule has 4 aliphatic carbocycles. The molecule has 4 saturated carbocycles. The number of nitrogens with zero attached hydrogens (tertiary/aromatic N) is 2. The van der Waals surface area contributed by atoms with E-state index in [1.165, 1.54) is 47.9 Å². The number of aromatic nitrogens is 2. The average molecular weight is 457 g/mol. The second-order valence-corrected chi connectivity index (χ2v) is 11.9. The topological polar surface area (TPSA) is 84.0 Å². The molecule has 6 rings (SSSR count). The molecule has 0 spiro atoms. The molecule has 2 N–H and O–H groups in total. The highest BCUT2D eigenvalue weighted by atomic mass is 32.2. The van der Waals surface area contributed by atoms with Crippen LogP contribution in [0.5, 0.6) is 0 Å². The number of carbonyl (C=O) groups excluding carboxylic acids is 2. The van der Waals surface area contributed by atoms with Crippen molar-refractivity contribution in [1.29, 1.82) is 0 Å². The fourth-order valence-electron chi connectivity index (χ4n) is 6.20. The van der Waals surface area contributed by atoms with E-state index in [1.807, 2.05) is 32.0 Å². The molecule has 31 heavy (non-hydrogen) atoms. The largest absolute Gasteiger partial charge is 0.325 e. The van der Waals surface area contributed by atoms with Crippen molar-refractivity contribution in [2.45, 2.75) is 56.7 Å². The van der Waals surface area contributed by atoms with Gasteiger partial charge in [0.1, 0.15) is 0 Å². The Balaban J connectivity index is 1.15. The van der Waals surface area contributed by atoms with Crippen LogP contribution in [0.15, 0.2) is 22.5 Å². The number of hydrogen-bond acceptors (Lipinski definition) is 6. The molecule has 4 fully saturated rings. The zero-order valence-corrected chi connectivity index (χ0v) is 19.6. The number of nitrogens with one attached hydrogen (secondary N) is 2. The van der Waals surface area contributed by atoms with E-state index in [9.17, 15) is 9.59 Å². The molecule has 0 radical (unpaired) electrons. The van der Waals surface area contributed by atoms with Gasteiger partial charge < -0.3 is 10.6 Å². The van der Waals surface area contributed by atoms with E-state index in [2.05, 4.69) is 20.8 Å². The van der Waals surface area contributed by atoms with E-state index in [-0.39, 0.29) is 23.0 Å². The maximum atomic E-state index is 13.2. The summed E-state index contributed by atoms with van der Waals surface area (Å²) in [4.78, 5) is 25.5. The van der Waals surface area contributed by atoms with Crippen LogP contribution in [0, 0.1) is 37.0 Å². The molecular weight excluding hydrogens is 428 g/mol. The monoisotopic (exact) mass is 456 g/mol. The average Bonchev–Trinajstić information content (AvgIpc) is 3.15. The molecule has 8 heteroatoms. The molecule has 4 bridgehead atoms. The minimum Gasteiger partial charge on any atom is -0.325 e. The zero-order valence-electron chi connectivity index (χ0n) is 17.9. The van der Waals surface area contributed by atoms with Gasteiger partial charge >= 0.3 is 0 Å². The lowest BCUT2D eigenvalue weighted by atomic mass is 9.49. The molecule has 0 aliphatic heterocycles. The maximum absolute atomic E-state index is 13.2. The molecule has 0 saturated heterocycles. The third-order valence-electron chi connectivity index (χ3n) is 7.13. The van der Waals surface area contributed by atoms with Gasteiger partial charge in [-0.05, 0) is 81.8 Å². The fourth-order valence-corrected chi connectivity index (χ4v) is 7.75. The molecule has 1 heterocycles. The first-order valence-electron chi connectivity index (χ1n) is 11.0. The van der Waals surface area contributed by atoms with Crippen molar-refractivity contribution in [2.75, 3.05) is 16.4 Å². The van der Waals surface area contributed by atoms with Gasteiger partial charge in [0.25, 0.3) is 0 Å². The highest BCUT2D eigenvalue weighted by molar-refractivity contribution is 8.01. The smallest absolute Gasteiger partial charge is 0.234 e. The highest BCUT2D eigenvalue weighted by Gasteiger charge is 2.54. The number of benzene rings is 1. The SMILES string of the molecule is Cc1ccc(NC(=O)CSc2nnc(NC(=O)C34CC5CC(CC(C5)C3)C4)s2)c(C)c1. The van der Waals surface area contributed by atoms with Crippen molar-refractivity contribution in [2.24, 2.45) is 23.2 Å². The van der Waals surface area contributed by atoms with Gasteiger partial charge in [0.2, 0.25) is 16.9 Å². The van der Waals surface area contributed by atoms with Crippen LogP contribution in [0.2, 0.25) is 0 Å². The van der Waals surface area contributed by atoms with Crippen molar-refractivity contribution in [3.63, 3.8) is 0 Å². The minimum absolute atomic E-state index is 0.0775. The van der Waals surface area contributed by atoms with Gasteiger partial charge in [0.05, 0.1) is 11.2 Å². The van der Waals surface area contributed by atoms with E-state index in [1.54, 1.807) is 0 Å². The Bertz CT molecular complexity index is 983. The zero-order chi connectivity index (χ0) is 21.6. The van der Waals surface area contributed by atoms with E-state index < -0.39 is 0 Å². The van der Waals surface area contributed by atoms with Gasteiger partial charge in [-0.1, -0.05) is 40.8 Å². The van der Waals surface area contributed by atoms with Gasteiger partial charge in [-0.25, -0.2) is 0 Å². The number of anilines is 2. The number of aryl methyl sites for hydroxylation is 2. The quantitative estimate of drug-likeness (QED) is 0.470. The predicted octanol–water partition coefficient (Wildman–Crippen LogP) is 5.04. The molecule has 6 nitrogen and oxygen atoms in total. The molecule has 0 atom stereocenters. The molecular formula is C23H28N4O2S2. The first-order valence-corrected chi connectivity index (χ1v) is 12.8. The predicted molar refractivity (Wildman–Crippen MR) is 124 cm³/mol. The van der Waals surface area contributed by atoms with Crippen LogP contribution in [-0.4, -0.2) is 27.8 Å². The summed E-state index contributed by atoms with van der Waals surface area (Å²) >= 11 is 2.69. The van der Waals surface area contributed by atoms with Gasteiger partial charge in [0, 0.05) is 5.69 Å². The summed E-state index contributed by atoms with van der Waals surface area (Å²) in [6, 6.07) is 5.96. The highest BCUT2D eigenvalue weighted by Crippen LogP contribution is 2.60. The first kappa shape index (κ1) is 20.9. The van der Waals surface area contributed by atoms with Crippen LogP contribution < -0.4 is 10.6 Å². The Morgan fingerprint density at radius 3 is 2.39 bits per heavy atom. The van der Waals surface area contributed by atoms with Crippen LogP contribution in [0.25, 0.3) is 0 Å². The number of hydrogen-bond donors (Lipinski definition) is 2. The summed E-state index contributed by atoms with van der Waals surface area (Å²) in [5, 5.41) is 14.9. The van der Waals surface area contributed by atoms with Crippen molar-refractivity contribution < 1.29 is 9.59 Å². The number of rotatable bonds is 6. The third kappa shape index (κ3) is 4.37. The molecule has 4 aliphatic rings. The van der Waals surface area contributed by atoms with Crippen LogP contribution in [0.4, 0.5) is 10.8 Å². The summed E-state index contributed by atoms with van der Waals surface area (Å²) in [5.74, 6) is 2.50. The summed E-state index contributed by atoms with van der Waals surface area (Å²) in [6.45, 7) is 4.02. The molecule has 1 aromatic carbocycles. The Morgan fingerprint density at radius 2 is 1.74 bits per heavy atom. The van der Waals surface area contributed by atoms with Gasteiger partial charge in [0.15, 0.2) is 4.34 Å². The summed E-state index contributed by atoms with van der Waals surface area (Å²) in [6.07, 6.45) is 7.04. The normalized spacial score (nSPS) is 28.5. The van der Waals surface area contributed by atoms with Crippen LogP contribution in [0.1, 0.15) is 49.7 Å². The van der Waals surface area contributed by atoms with Crippen molar-refractivity contribution >= 4 is 45.7 Å². The minimum atomic E-state index is -0.195. The van der Waals surface area contributed by atoms with Crippen molar-refractivity contribution in [1.82, 2.24) is 10.2 Å². The molecule has 2 amide bonds. The van der Waals surface area contributed by atoms with Crippen molar-refractivity contribution in [3.05, 3.63) is 29.3 Å². The van der Waals surface area contributed by atoms with Gasteiger partial charge in [-0.3, -0.25) is 9.59 Å². The molecule has 2 aromatic rings. The van der Waals surface area contributed by atoms with E-state index in [0.717, 1.165) is 48.3 Å². The van der Waals surface area contributed by atoms with Gasteiger partial charge in [-0.15, -0.1) is 10.2 Å². The first-order chi connectivity index (χ1) is 14.9. The molecule has 164 valence electrons. The Labute approximate surface area is 191 Å². The Hall–Kier alpha value is -1.93. The summed E-state index contributed by atoms with van der Waals surface area (Å²) < 4.78 is 0.691. The lowest BCUT2D eigenvalue weighted by Gasteiger charge is -2.55. The van der Waals surface area contributed by atoms with E-state index in [4.69, 9.17) is 0 Å². The van der Waals surface area contributed by atoms with Crippen molar-refractivity contribution in [3.8, 4) is 0 Å². The maximum Gasteiger partial charge on any atom is 0.234 e. The van der Waals surface area contributed by atoms with Gasteiger partial charge in [-0.2, -0.15) is 0 Å². The van der Waals surface area contributed by atoms with E-state index in [0.29, 0.717) is 9.47 Å². The standard InChI is InChI=1S/C23H28N4O2S2/c1-13-3-4-18(14(2)5-13)24-19(28)12-30-22-27-26-21(31-22)25-20(29)23-9-15-6-16(10-23)8-17(7-15)11-23/h3-5,15-17H,6-12H2,1-2H3,(H,24,28)(H,25,26,29). The number of thioether (sulfide) groups is 1. The number of amides is 2. The van der Waals surface area contributed by atoms with Crippen LogP contribution in [-0.2, 0) is 9.59 Å². The second-order valence-electron chi connectivity index (χ2n) is 9.68. The lowest BCUT2D eigenvalue weighted by Crippen LogP contribution is -2.51. The Morgan fingerprint density at radius 1 is 1.06 bits per heavy atom. The second kappa shape index (κ2) is 8.20. The summed E-state index contributed by atoms with van der Waals surface area (Å²) in [5.41, 5.74) is 2.85. The molecule has 0 unspecified atom stereocenters. The lowest BCUT2D eigenvalue weighted by molar-refractivity contribution is -0.140. The fraction of sp³-hybridized carbons (Fsp3) is 0.565. The summed E-state index contributed by atoms with van der Waals surface area (Å²) in [7, 11) is 0. The number of carbonyl (C=O) groups is 2. The van der Waals surface area contributed by atoms with Crippen LogP contribution >= 0.6 is 23.1 Å². The Kier molecular flexibility index (Phi) is 5.54. The third-order valence-corrected chi connectivity index (χ3v) is 9.10. The van der Waals surface area contributed by atoms with E-state index >= 15 is 0 Å². The molecule has 1 aromatic heterocycles.